The first-order valence-corrected chi connectivity index (χ1v) is 3.34. The number of aliphatic hydroxyl groups is 1. The molecule has 0 aromatic rings. The number of amides is 1. The Morgan fingerprint density at radius 1 is 1.90 bits per heavy atom. The van der Waals surface area contributed by atoms with Crippen LogP contribution in [0, 0.1) is 0 Å². The van der Waals surface area contributed by atoms with Crippen LogP contribution in [0.25, 0.3) is 0 Å². The second kappa shape index (κ2) is 2.88. The molecule has 1 heterocycles. The normalized spacial score (nSPS) is 25.2. The summed E-state index contributed by atoms with van der Waals surface area (Å²) >= 11 is 0. The van der Waals surface area contributed by atoms with Gasteiger partial charge >= 0.3 is 6.09 Å². The van der Waals surface area contributed by atoms with E-state index in [1.54, 1.807) is 4.90 Å². The molecule has 0 saturated carbocycles. The van der Waals surface area contributed by atoms with Crippen molar-refractivity contribution in [1.29, 1.82) is 0 Å². The van der Waals surface area contributed by atoms with Crippen molar-refractivity contribution >= 4 is 6.09 Å². The molecule has 1 saturated heterocycles. The highest BCUT2D eigenvalue weighted by atomic mass is 16.6. The fraction of sp³-hybridized carbons (Fsp3) is 0.833. The molecule has 0 aromatic heterocycles. The smallest absolute Gasteiger partial charge is 0.410 e. The molecule has 58 valence electrons. The highest BCUT2D eigenvalue weighted by molar-refractivity contribution is 5.69. The van der Waals surface area contributed by atoms with Crippen molar-refractivity contribution in [3.63, 3.8) is 0 Å². The standard InChI is InChI=1S/C6H11NO3/c1-2-7-3-5(4-8)10-6(7)9/h5,8H,2-4H2,1H3. The third-order valence-electron chi connectivity index (χ3n) is 1.54. The summed E-state index contributed by atoms with van der Waals surface area (Å²) in [5, 5.41) is 8.59. The molecule has 1 amide bonds. The Morgan fingerprint density at radius 2 is 2.60 bits per heavy atom. The molecule has 4 heteroatoms. The molecule has 0 spiro atoms. The molecule has 1 aliphatic rings. The van der Waals surface area contributed by atoms with Crippen LogP contribution in [0.2, 0.25) is 0 Å². The average Bonchev–Trinajstić information content (AvgIpc) is 2.30. The van der Waals surface area contributed by atoms with Crippen molar-refractivity contribution in [3.8, 4) is 0 Å². The number of nitrogens with zero attached hydrogens (tertiary/aromatic N) is 1. The molecule has 0 aromatic carbocycles. The highest BCUT2D eigenvalue weighted by Crippen LogP contribution is 2.08. The third-order valence-corrected chi connectivity index (χ3v) is 1.54. The van der Waals surface area contributed by atoms with Crippen molar-refractivity contribution in [2.24, 2.45) is 0 Å². The van der Waals surface area contributed by atoms with Crippen LogP contribution in [0.15, 0.2) is 0 Å². The topological polar surface area (TPSA) is 49.8 Å². The van der Waals surface area contributed by atoms with Gasteiger partial charge in [-0.2, -0.15) is 0 Å². The molecule has 10 heavy (non-hydrogen) atoms. The van der Waals surface area contributed by atoms with Crippen LogP contribution in [-0.2, 0) is 4.74 Å². The number of hydrogen-bond acceptors (Lipinski definition) is 3. The van der Waals surface area contributed by atoms with E-state index in [0.717, 1.165) is 0 Å². The average molecular weight is 145 g/mol. The first-order chi connectivity index (χ1) is 4.77. The second-order valence-corrected chi connectivity index (χ2v) is 2.23. The van der Waals surface area contributed by atoms with Gasteiger partial charge in [0.15, 0.2) is 0 Å². The SMILES string of the molecule is CCN1CC(CO)OC1=O. The van der Waals surface area contributed by atoms with Crippen molar-refractivity contribution in [3.05, 3.63) is 0 Å². The van der Waals surface area contributed by atoms with E-state index in [-0.39, 0.29) is 18.8 Å². The van der Waals surface area contributed by atoms with Gasteiger partial charge in [-0.1, -0.05) is 0 Å². The number of hydrogen-bond donors (Lipinski definition) is 1. The summed E-state index contributed by atoms with van der Waals surface area (Å²) in [6.07, 6.45) is -0.631. The maximum Gasteiger partial charge on any atom is 0.410 e. The van der Waals surface area contributed by atoms with E-state index in [2.05, 4.69) is 0 Å². The number of carbonyl (C=O) groups excluding carboxylic acids is 1. The molecule has 1 atom stereocenters. The molecule has 1 N–H and O–H groups in total. The van der Waals surface area contributed by atoms with Gasteiger partial charge in [0.25, 0.3) is 0 Å². The summed E-state index contributed by atoms with van der Waals surface area (Å²) in [7, 11) is 0. The molecule has 1 fully saturated rings. The van der Waals surface area contributed by atoms with Crippen molar-refractivity contribution in [1.82, 2.24) is 4.90 Å². The molecule has 0 bridgehead atoms. The van der Waals surface area contributed by atoms with Crippen LogP contribution < -0.4 is 0 Å². The van der Waals surface area contributed by atoms with E-state index < -0.39 is 0 Å². The zero-order valence-corrected chi connectivity index (χ0v) is 5.91. The van der Waals surface area contributed by atoms with Gasteiger partial charge in [-0.3, -0.25) is 0 Å². The zero-order chi connectivity index (χ0) is 7.56. The lowest BCUT2D eigenvalue weighted by molar-refractivity contribution is 0.0948. The quantitative estimate of drug-likeness (QED) is 0.586. The lowest BCUT2D eigenvalue weighted by Crippen LogP contribution is -2.25. The molecule has 0 radical (unpaired) electrons. The van der Waals surface area contributed by atoms with Gasteiger partial charge < -0.3 is 14.7 Å². The Labute approximate surface area is 59.4 Å². The van der Waals surface area contributed by atoms with Gasteiger partial charge in [0.1, 0.15) is 6.10 Å². The fourth-order valence-electron chi connectivity index (χ4n) is 0.928. The highest BCUT2D eigenvalue weighted by Gasteiger charge is 2.28. The third kappa shape index (κ3) is 1.21. The molecular weight excluding hydrogens is 134 g/mol. The van der Waals surface area contributed by atoms with Crippen LogP contribution in [0.5, 0.6) is 0 Å². The maximum atomic E-state index is 10.8. The summed E-state index contributed by atoms with van der Waals surface area (Å²) in [5.41, 5.74) is 0. The van der Waals surface area contributed by atoms with Crippen LogP contribution in [0.1, 0.15) is 6.92 Å². The largest absolute Gasteiger partial charge is 0.442 e. The van der Waals surface area contributed by atoms with Crippen LogP contribution >= 0.6 is 0 Å². The van der Waals surface area contributed by atoms with E-state index >= 15 is 0 Å². The Kier molecular flexibility index (Phi) is 2.11. The van der Waals surface area contributed by atoms with Crippen molar-refractivity contribution < 1.29 is 14.6 Å². The summed E-state index contributed by atoms with van der Waals surface area (Å²) in [6, 6.07) is 0. The predicted molar refractivity (Wildman–Crippen MR) is 34.6 cm³/mol. The van der Waals surface area contributed by atoms with Gasteiger partial charge in [-0.15, -0.1) is 0 Å². The molecular formula is C6H11NO3. The number of likely N-dealkylation sites (N-methyl/N-ethyl adjacent to an activating group) is 1. The molecule has 0 aliphatic carbocycles. The lowest BCUT2D eigenvalue weighted by Gasteiger charge is -2.06. The van der Waals surface area contributed by atoms with Gasteiger partial charge in [0, 0.05) is 6.54 Å². The minimum Gasteiger partial charge on any atom is -0.442 e. The first kappa shape index (κ1) is 7.34. The number of aliphatic hydroxyl groups excluding tert-OH is 1. The fourth-order valence-corrected chi connectivity index (χ4v) is 0.928. The van der Waals surface area contributed by atoms with Gasteiger partial charge in [-0.25, -0.2) is 4.79 Å². The zero-order valence-electron chi connectivity index (χ0n) is 5.91. The Morgan fingerprint density at radius 3 is 2.90 bits per heavy atom. The van der Waals surface area contributed by atoms with E-state index in [1.165, 1.54) is 0 Å². The molecule has 1 aliphatic heterocycles. The van der Waals surface area contributed by atoms with E-state index in [1.807, 2.05) is 6.92 Å². The Bertz CT molecular complexity index is 137. The van der Waals surface area contributed by atoms with Crippen LogP contribution in [0.4, 0.5) is 4.79 Å². The molecule has 1 rings (SSSR count). The lowest BCUT2D eigenvalue weighted by atomic mass is 10.4. The molecule has 1 unspecified atom stereocenters. The van der Waals surface area contributed by atoms with E-state index in [9.17, 15) is 4.79 Å². The van der Waals surface area contributed by atoms with Crippen LogP contribution in [0.3, 0.4) is 0 Å². The number of ether oxygens (including phenoxy) is 1. The van der Waals surface area contributed by atoms with Gasteiger partial charge in [0.05, 0.1) is 13.2 Å². The maximum absolute atomic E-state index is 10.8. The summed E-state index contributed by atoms with van der Waals surface area (Å²) in [6.45, 7) is 2.96. The van der Waals surface area contributed by atoms with Crippen LogP contribution in [-0.4, -0.2) is 41.9 Å². The van der Waals surface area contributed by atoms with E-state index in [0.29, 0.717) is 13.1 Å². The second-order valence-electron chi connectivity index (χ2n) is 2.23. The van der Waals surface area contributed by atoms with Gasteiger partial charge in [-0.05, 0) is 6.92 Å². The van der Waals surface area contributed by atoms with Crippen molar-refractivity contribution in [2.45, 2.75) is 13.0 Å². The predicted octanol–water partition coefficient (Wildman–Crippen LogP) is -0.181. The Balaban J connectivity index is 2.44. The summed E-state index contributed by atoms with van der Waals surface area (Å²) in [4.78, 5) is 12.3. The van der Waals surface area contributed by atoms with E-state index in [4.69, 9.17) is 9.84 Å². The summed E-state index contributed by atoms with van der Waals surface area (Å²) in [5.74, 6) is 0. The minimum absolute atomic E-state index is 0.0811. The minimum atomic E-state index is -0.318. The number of cyclic esters (lactones) is 1. The van der Waals surface area contributed by atoms with Gasteiger partial charge in [0.2, 0.25) is 0 Å². The van der Waals surface area contributed by atoms with Crippen molar-refractivity contribution in [2.75, 3.05) is 19.7 Å². The monoisotopic (exact) mass is 145 g/mol. The first-order valence-electron chi connectivity index (χ1n) is 3.34. The number of carbonyl (C=O) groups is 1. The molecule has 4 nitrogen and oxygen atoms in total. The Hall–Kier alpha value is -0.770. The number of rotatable bonds is 2. The summed E-state index contributed by atoms with van der Waals surface area (Å²) < 4.78 is 4.75.